The minimum atomic E-state index is 0.0491. The predicted molar refractivity (Wildman–Crippen MR) is 144 cm³/mol. The maximum atomic E-state index is 9.71. The highest BCUT2D eigenvalue weighted by Crippen LogP contribution is 2.34. The van der Waals surface area contributed by atoms with Gasteiger partial charge in [0.15, 0.2) is 0 Å². The Morgan fingerprint density at radius 3 is 2.29 bits per heavy atom. The first kappa shape index (κ1) is 22.8. The van der Waals surface area contributed by atoms with Gasteiger partial charge in [0.2, 0.25) is 0 Å². The lowest BCUT2D eigenvalue weighted by molar-refractivity contribution is 0.279. The van der Waals surface area contributed by atoms with Crippen molar-refractivity contribution in [1.29, 1.82) is 0 Å². The molecule has 4 N–H and O–H groups in total. The van der Waals surface area contributed by atoms with Crippen LogP contribution >= 0.6 is 11.8 Å². The van der Waals surface area contributed by atoms with Crippen LogP contribution in [0.3, 0.4) is 0 Å². The average Bonchev–Trinajstić information content (AvgIpc) is 2.89. The van der Waals surface area contributed by atoms with Crippen LogP contribution in [0, 0.1) is 0 Å². The van der Waals surface area contributed by atoms with Crippen molar-refractivity contribution in [3.63, 3.8) is 0 Å². The van der Waals surface area contributed by atoms with Crippen LogP contribution < -0.4 is 16.0 Å². The van der Waals surface area contributed by atoms with Gasteiger partial charge in [-0.1, -0.05) is 72.4 Å². The van der Waals surface area contributed by atoms with Crippen LogP contribution in [0.2, 0.25) is 0 Å². The van der Waals surface area contributed by atoms with E-state index < -0.39 is 0 Å². The molecule has 1 heterocycles. The van der Waals surface area contributed by atoms with E-state index in [0.717, 1.165) is 48.6 Å². The van der Waals surface area contributed by atoms with Crippen molar-refractivity contribution >= 4 is 33.9 Å². The maximum Gasteiger partial charge on any atom is 0.0692 e. The van der Waals surface area contributed by atoms with E-state index in [1.165, 1.54) is 26.9 Å². The number of aliphatic hydroxyl groups excluding tert-OH is 1. The third-order valence-corrected chi connectivity index (χ3v) is 7.62. The molecule has 4 nitrogen and oxygen atoms in total. The van der Waals surface area contributed by atoms with Crippen molar-refractivity contribution < 1.29 is 5.11 Å². The standard InChI is InChI=1S/C29H31N3OS/c33-20-23-9-3-6-12-29(23)34-28-11-5-2-8-22(28)19-31-25-17-21-7-1-4-10-26(21)27(18-25)32-24-13-15-30-16-14-24/h1-12,17-18,24,30-33H,13-16,19-20H2. The van der Waals surface area contributed by atoms with Gasteiger partial charge in [0.25, 0.3) is 0 Å². The predicted octanol–water partition coefficient (Wildman–Crippen LogP) is 6.26. The molecule has 1 aliphatic heterocycles. The lowest BCUT2D eigenvalue weighted by atomic mass is 10.0. The van der Waals surface area contributed by atoms with E-state index in [-0.39, 0.29) is 6.61 Å². The second kappa shape index (κ2) is 11.0. The lowest BCUT2D eigenvalue weighted by Gasteiger charge is -2.26. The Labute approximate surface area is 205 Å². The van der Waals surface area contributed by atoms with E-state index in [4.69, 9.17) is 0 Å². The minimum Gasteiger partial charge on any atom is -0.392 e. The molecule has 1 saturated heterocycles. The second-order valence-corrected chi connectivity index (χ2v) is 9.83. The minimum absolute atomic E-state index is 0.0491. The first-order valence-corrected chi connectivity index (χ1v) is 12.8. The van der Waals surface area contributed by atoms with Gasteiger partial charge in [-0.05, 0) is 66.7 Å². The Kier molecular flexibility index (Phi) is 7.34. The van der Waals surface area contributed by atoms with Gasteiger partial charge in [-0.25, -0.2) is 0 Å². The molecule has 1 fully saturated rings. The van der Waals surface area contributed by atoms with Gasteiger partial charge in [0.05, 0.1) is 6.61 Å². The Balaban J connectivity index is 1.37. The SMILES string of the molecule is OCc1ccccc1Sc1ccccc1CNc1cc(NC2CCNCC2)c2ccccc2c1. The Morgan fingerprint density at radius 1 is 0.824 bits per heavy atom. The van der Waals surface area contributed by atoms with E-state index in [0.29, 0.717) is 6.04 Å². The molecule has 0 bridgehead atoms. The highest BCUT2D eigenvalue weighted by Gasteiger charge is 2.15. The molecule has 4 aromatic rings. The summed E-state index contributed by atoms with van der Waals surface area (Å²) in [6.45, 7) is 2.92. The third-order valence-electron chi connectivity index (χ3n) is 6.38. The molecule has 4 aromatic carbocycles. The number of fused-ring (bicyclic) bond motifs is 1. The number of hydrogen-bond acceptors (Lipinski definition) is 5. The number of rotatable bonds is 8. The second-order valence-electron chi connectivity index (χ2n) is 8.74. The summed E-state index contributed by atoms with van der Waals surface area (Å²) in [5.41, 5.74) is 4.51. The van der Waals surface area contributed by atoms with E-state index >= 15 is 0 Å². The van der Waals surface area contributed by atoms with Crippen molar-refractivity contribution in [1.82, 2.24) is 5.32 Å². The van der Waals surface area contributed by atoms with Crippen LogP contribution in [0.4, 0.5) is 11.4 Å². The number of anilines is 2. The quantitative estimate of drug-likeness (QED) is 0.245. The molecule has 0 spiro atoms. The first-order chi connectivity index (χ1) is 16.8. The third kappa shape index (κ3) is 5.39. The highest BCUT2D eigenvalue weighted by atomic mass is 32.2. The Bertz CT molecular complexity index is 1250. The smallest absolute Gasteiger partial charge is 0.0692 e. The van der Waals surface area contributed by atoms with Gasteiger partial charge >= 0.3 is 0 Å². The fourth-order valence-electron chi connectivity index (χ4n) is 4.52. The maximum absolute atomic E-state index is 9.71. The molecule has 0 aliphatic carbocycles. The fourth-order valence-corrected chi connectivity index (χ4v) is 5.58. The van der Waals surface area contributed by atoms with Crippen LogP contribution in [-0.4, -0.2) is 24.2 Å². The van der Waals surface area contributed by atoms with Gasteiger partial charge in [0, 0.05) is 39.1 Å². The van der Waals surface area contributed by atoms with E-state index in [1.54, 1.807) is 11.8 Å². The van der Waals surface area contributed by atoms with Gasteiger partial charge in [-0.15, -0.1) is 0 Å². The zero-order chi connectivity index (χ0) is 23.2. The Morgan fingerprint density at radius 2 is 1.50 bits per heavy atom. The summed E-state index contributed by atoms with van der Waals surface area (Å²) in [7, 11) is 0. The molecular formula is C29H31N3OS. The fraction of sp³-hybridized carbons (Fsp3) is 0.241. The highest BCUT2D eigenvalue weighted by molar-refractivity contribution is 7.99. The van der Waals surface area contributed by atoms with Gasteiger partial charge < -0.3 is 21.1 Å². The number of benzene rings is 4. The van der Waals surface area contributed by atoms with Crippen molar-refractivity contribution in [2.45, 2.75) is 41.8 Å². The topological polar surface area (TPSA) is 56.3 Å². The molecule has 0 aromatic heterocycles. The van der Waals surface area contributed by atoms with Crippen LogP contribution in [0.15, 0.2) is 94.7 Å². The summed E-state index contributed by atoms with van der Waals surface area (Å²) in [5.74, 6) is 0. The normalized spacial score (nSPS) is 14.3. The van der Waals surface area contributed by atoms with Gasteiger partial charge in [0.1, 0.15) is 0 Å². The summed E-state index contributed by atoms with van der Waals surface area (Å²) < 4.78 is 0. The number of hydrogen-bond donors (Lipinski definition) is 4. The van der Waals surface area contributed by atoms with E-state index in [1.807, 2.05) is 18.2 Å². The van der Waals surface area contributed by atoms with Gasteiger partial charge in [-0.3, -0.25) is 0 Å². The molecular weight excluding hydrogens is 438 g/mol. The average molecular weight is 470 g/mol. The molecule has 0 amide bonds. The summed E-state index contributed by atoms with van der Waals surface area (Å²) in [5, 5.41) is 23.1. The summed E-state index contributed by atoms with van der Waals surface area (Å²) in [6.07, 6.45) is 2.29. The number of aliphatic hydroxyl groups is 1. The molecule has 0 saturated carbocycles. The van der Waals surface area contributed by atoms with E-state index in [9.17, 15) is 5.11 Å². The Hall–Kier alpha value is -2.99. The molecule has 0 unspecified atom stereocenters. The van der Waals surface area contributed by atoms with Crippen molar-refractivity contribution in [2.75, 3.05) is 23.7 Å². The zero-order valence-electron chi connectivity index (χ0n) is 19.3. The molecule has 0 radical (unpaired) electrons. The molecule has 5 heteroatoms. The summed E-state index contributed by atoms with van der Waals surface area (Å²) in [6, 6.07) is 30.1. The van der Waals surface area contributed by atoms with Crippen LogP contribution in [0.5, 0.6) is 0 Å². The largest absolute Gasteiger partial charge is 0.392 e. The van der Waals surface area contributed by atoms with Crippen LogP contribution in [-0.2, 0) is 13.2 Å². The van der Waals surface area contributed by atoms with Crippen molar-refractivity contribution in [2.24, 2.45) is 0 Å². The van der Waals surface area contributed by atoms with Crippen molar-refractivity contribution in [3.05, 3.63) is 96.1 Å². The van der Waals surface area contributed by atoms with E-state index in [2.05, 4.69) is 82.7 Å². The van der Waals surface area contributed by atoms with Gasteiger partial charge in [-0.2, -0.15) is 0 Å². The molecule has 0 atom stereocenters. The zero-order valence-corrected chi connectivity index (χ0v) is 20.1. The number of piperidine rings is 1. The molecule has 174 valence electrons. The van der Waals surface area contributed by atoms with Crippen molar-refractivity contribution in [3.8, 4) is 0 Å². The molecule has 1 aliphatic rings. The summed E-state index contributed by atoms with van der Waals surface area (Å²) in [4.78, 5) is 2.29. The summed E-state index contributed by atoms with van der Waals surface area (Å²) >= 11 is 1.71. The monoisotopic (exact) mass is 469 g/mol. The van der Waals surface area contributed by atoms with Crippen LogP contribution in [0.1, 0.15) is 24.0 Å². The van der Waals surface area contributed by atoms with Crippen LogP contribution in [0.25, 0.3) is 10.8 Å². The molecule has 34 heavy (non-hydrogen) atoms. The lowest BCUT2D eigenvalue weighted by Crippen LogP contribution is -2.35. The molecule has 5 rings (SSSR count). The first-order valence-electron chi connectivity index (χ1n) is 12.0. The number of nitrogens with one attached hydrogen (secondary N) is 3.